The summed E-state index contributed by atoms with van der Waals surface area (Å²) in [6, 6.07) is 4.35. The van der Waals surface area contributed by atoms with E-state index in [1.54, 1.807) is 11.3 Å². The summed E-state index contributed by atoms with van der Waals surface area (Å²) in [6.07, 6.45) is 1.12. The lowest BCUT2D eigenvalue weighted by Gasteiger charge is -2.14. The van der Waals surface area contributed by atoms with Crippen molar-refractivity contribution in [2.24, 2.45) is 0 Å². The number of pyridine rings is 1. The fraction of sp³-hybridized carbons (Fsp3) is 0.357. The van der Waals surface area contributed by atoms with Crippen molar-refractivity contribution in [1.82, 2.24) is 4.98 Å². The minimum Gasteiger partial charge on any atom is -0.241 e. The quantitative estimate of drug-likeness (QED) is 0.736. The minimum absolute atomic E-state index is 0.498. The van der Waals surface area contributed by atoms with Gasteiger partial charge >= 0.3 is 0 Å². The Kier molecular flexibility index (Phi) is 3.10. The second-order valence-corrected chi connectivity index (χ2v) is 5.22. The molecule has 2 rings (SSSR count). The molecule has 0 fully saturated rings. The van der Waals surface area contributed by atoms with E-state index in [2.05, 4.69) is 44.9 Å². The molecule has 16 heavy (non-hydrogen) atoms. The van der Waals surface area contributed by atoms with Crippen molar-refractivity contribution in [1.29, 1.82) is 0 Å². The Morgan fingerprint density at radius 1 is 1.56 bits per heavy atom. The summed E-state index contributed by atoms with van der Waals surface area (Å²) in [7, 11) is 0. The molecular weight excluding hydrogens is 214 g/mol. The molecule has 84 valence electrons. The van der Waals surface area contributed by atoms with Crippen LogP contribution in [-0.2, 0) is 0 Å². The first kappa shape index (κ1) is 11.3. The number of nitrogens with zero attached hydrogens (tertiary/aromatic N) is 1. The van der Waals surface area contributed by atoms with Gasteiger partial charge in [-0.1, -0.05) is 20.4 Å². The van der Waals surface area contributed by atoms with Crippen molar-refractivity contribution in [3.8, 4) is 0 Å². The fourth-order valence-corrected chi connectivity index (χ4v) is 2.58. The van der Waals surface area contributed by atoms with Gasteiger partial charge in [0.05, 0.1) is 5.69 Å². The molecule has 2 aromatic heterocycles. The highest BCUT2D eigenvalue weighted by Gasteiger charge is 2.13. The Morgan fingerprint density at radius 3 is 2.94 bits per heavy atom. The molecule has 2 heterocycles. The number of allylic oxidation sites excluding steroid dienone is 1. The van der Waals surface area contributed by atoms with E-state index in [-0.39, 0.29) is 0 Å². The third kappa shape index (κ3) is 1.90. The van der Waals surface area contributed by atoms with Crippen LogP contribution in [0.5, 0.6) is 0 Å². The van der Waals surface area contributed by atoms with Crippen molar-refractivity contribution in [2.45, 2.75) is 33.1 Å². The van der Waals surface area contributed by atoms with Crippen LogP contribution in [0.3, 0.4) is 0 Å². The molecular formula is C14H17NS. The standard InChI is InChI=1S/C14H17NS/c1-5-10(4)13-12(9(2)3)8-11-6-7-16-14(11)15-13/h6-8,10H,2,5H2,1,3-4H3. The molecule has 1 unspecified atom stereocenters. The summed E-state index contributed by atoms with van der Waals surface area (Å²) in [5.74, 6) is 0.498. The molecule has 0 aliphatic carbocycles. The molecule has 0 aromatic carbocycles. The van der Waals surface area contributed by atoms with Gasteiger partial charge in [0.2, 0.25) is 0 Å². The predicted molar refractivity (Wildman–Crippen MR) is 73.0 cm³/mol. The summed E-state index contributed by atoms with van der Waals surface area (Å²) in [6.45, 7) is 10.5. The molecule has 0 amide bonds. The minimum atomic E-state index is 0.498. The Bertz CT molecular complexity index is 525. The first-order chi connectivity index (χ1) is 7.63. The zero-order chi connectivity index (χ0) is 11.7. The van der Waals surface area contributed by atoms with Crippen molar-refractivity contribution >= 4 is 27.1 Å². The number of aromatic nitrogens is 1. The molecule has 2 aromatic rings. The largest absolute Gasteiger partial charge is 0.241 e. The normalized spacial score (nSPS) is 12.9. The monoisotopic (exact) mass is 231 g/mol. The van der Waals surface area contributed by atoms with Gasteiger partial charge in [0.25, 0.3) is 0 Å². The SMILES string of the molecule is C=C(C)c1cc2ccsc2nc1C(C)CC. The highest BCUT2D eigenvalue weighted by atomic mass is 32.1. The molecule has 2 heteroatoms. The maximum Gasteiger partial charge on any atom is 0.123 e. The Hall–Kier alpha value is -1.15. The molecule has 1 atom stereocenters. The Balaban J connectivity index is 2.67. The lowest BCUT2D eigenvalue weighted by atomic mass is 9.95. The van der Waals surface area contributed by atoms with Crippen LogP contribution >= 0.6 is 11.3 Å². The third-order valence-corrected chi connectivity index (χ3v) is 3.83. The van der Waals surface area contributed by atoms with Gasteiger partial charge < -0.3 is 0 Å². The average molecular weight is 231 g/mol. The maximum atomic E-state index is 4.78. The van der Waals surface area contributed by atoms with Gasteiger partial charge in [-0.3, -0.25) is 0 Å². The maximum absolute atomic E-state index is 4.78. The third-order valence-electron chi connectivity index (χ3n) is 3.01. The molecule has 0 radical (unpaired) electrons. The van der Waals surface area contributed by atoms with Gasteiger partial charge in [0.1, 0.15) is 4.83 Å². The van der Waals surface area contributed by atoms with Gasteiger partial charge in [-0.05, 0) is 47.9 Å². The smallest absolute Gasteiger partial charge is 0.123 e. The van der Waals surface area contributed by atoms with Crippen LogP contribution in [0.1, 0.15) is 44.4 Å². The second kappa shape index (κ2) is 4.38. The van der Waals surface area contributed by atoms with Gasteiger partial charge in [-0.15, -0.1) is 11.3 Å². The molecule has 0 bridgehead atoms. The average Bonchev–Trinajstić information content (AvgIpc) is 2.73. The van der Waals surface area contributed by atoms with Crippen LogP contribution in [0.25, 0.3) is 15.8 Å². The van der Waals surface area contributed by atoms with Crippen LogP contribution in [0, 0.1) is 0 Å². The van der Waals surface area contributed by atoms with E-state index < -0.39 is 0 Å². The molecule has 1 nitrogen and oxygen atoms in total. The molecule has 0 saturated heterocycles. The van der Waals surface area contributed by atoms with E-state index >= 15 is 0 Å². The number of rotatable bonds is 3. The molecule has 0 aliphatic heterocycles. The van der Waals surface area contributed by atoms with Crippen molar-refractivity contribution < 1.29 is 0 Å². The number of fused-ring (bicyclic) bond motifs is 1. The van der Waals surface area contributed by atoms with E-state index in [4.69, 9.17) is 4.98 Å². The van der Waals surface area contributed by atoms with E-state index in [1.165, 1.54) is 16.6 Å². The molecule has 0 saturated carbocycles. The van der Waals surface area contributed by atoms with Crippen LogP contribution in [-0.4, -0.2) is 4.98 Å². The van der Waals surface area contributed by atoms with Crippen LogP contribution in [0.2, 0.25) is 0 Å². The molecule has 0 aliphatic rings. The van der Waals surface area contributed by atoms with E-state index in [0.29, 0.717) is 5.92 Å². The van der Waals surface area contributed by atoms with E-state index in [1.807, 2.05) is 0 Å². The summed E-state index contributed by atoms with van der Waals surface area (Å²) in [5, 5.41) is 3.33. The summed E-state index contributed by atoms with van der Waals surface area (Å²) >= 11 is 1.71. The molecule has 0 spiro atoms. The van der Waals surface area contributed by atoms with E-state index in [0.717, 1.165) is 16.8 Å². The number of hydrogen-bond donors (Lipinski definition) is 0. The Labute approximate surface area is 101 Å². The number of hydrogen-bond acceptors (Lipinski definition) is 2. The lowest BCUT2D eigenvalue weighted by Crippen LogP contribution is -2.00. The summed E-state index contributed by atoms with van der Waals surface area (Å²) < 4.78 is 0. The highest BCUT2D eigenvalue weighted by molar-refractivity contribution is 7.16. The van der Waals surface area contributed by atoms with E-state index in [9.17, 15) is 0 Å². The van der Waals surface area contributed by atoms with Gasteiger partial charge in [0.15, 0.2) is 0 Å². The molecule has 0 N–H and O–H groups in total. The van der Waals surface area contributed by atoms with Crippen molar-refractivity contribution in [3.63, 3.8) is 0 Å². The predicted octanol–water partition coefficient (Wildman–Crippen LogP) is 4.84. The summed E-state index contributed by atoms with van der Waals surface area (Å²) in [4.78, 5) is 5.92. The van der Waals surface area contributed by atoms with Crippen LogP contribution in [0.4, 0.5) is 0 Å². The lowest BCUT2D eigenvalue weighted by molar-refractivity contribution is 0.710. The Morgan fingerprint density at radius 2 is 2.31 bits per heavy atom. The van der Waals surface area contributed by atoms with Crippen molar-refractivity contribution in [3.05, 3.63) is 35.3 Å². The van der Waals surface area contributed by atoms with Crippen LogP contribution in [0.15, 0.2) is 24.1 Å². The van der Waals surface area contributed by atoms with Gasteiger partial charge in [-0.2, -0.15) is 0 Å². The van der Waals surface area contributed by atoms with Crippen molar-refractivity contribution in [2.75, 3.05) is 0 Å². The second-order valence-electron chi connectivity index (χ2n) is 4.33. The first-order valence-electron chi connectivity index (χ1n) is 5.67. The topological polar surface area (TPSA) is 12.9 Å². The number of thiophene rings is 1. The van der Waals surface area contributed by atoms with Gasteiger partial charge in [-0.25, -0.2) is 4.98 Å². The summed E-state index contributed by atoms with van der Waals surface area (Å²) in [5.41, 5.74) is 3.53. The first-order valence-corrected chi connectivity index (χ1v) is 6.55. The fourth-order valence-electron chi connectivity index (χ4n) is 1.82. The van der Waals surface area contributed by atoms with Crippen LogP contribution < -0.4 is 0 Å². The highest BCUT2D eigenvalue weighted by Crippen LogP contribution is 2.30. The zero-order valence-electron chi connectivity index (χ0n) is 10.1. The van der Waals surface area contributed by atoms with Gasteiger partial charge in [0, 0.05) is 5.39 Å². The zero-order valence-corrected chi connectivity index (χ0v) is 10.9.